The molecule has 1 heterocycles. The van der Waals surface area contributed by atoms with E-state index in [0.717, 1.165) is 11.8 Å². The first-order valence-electron chi connectivity index (χ1n) is 7.43. The SMILES string of the molecule is CC.CC.CC.CC1CNCC1C.CCC. The van der Waals surface area contributed by atoms with E-state index in [1.165, 1.54) is 19.5 Å². The van der Waals surface area contributed by atoms with Gasteiger partial charge in [0.1, 0.15) is 0 Å². The summed E-state index contributed by atoms with van der Waals surface area (Å²) in [7, 11) is 0. The first kappa shape index (κ1) is 25.0. The number of hydrogen-bond donors (Lipinski definition) is 1. The van der Waals surface area contributed by atoms with Gasteiger partial charge in [-0.25, -0.2) is 0 Å². The summed E-state index contributed by atoms with van der Waals surface area (Å²) in [6, 6.07) is 0. The molecule has 0 aromatic heterocycles. The fraction of sp³-hybridized carbons (Fsp3) is 1.00. The molecule has 1 heteroatoms. The molecule has 1 saturated heterocycles. The Labute approximate surface area is 106 Å². The molecule has 0 aliphatic carbocycles. The molecule has 104 valence electrons. The normalized spacial score (nSPS) is 20.6. The summed E-state index contributed by atoms with van der Waals surface area (Å²) < 4.78 is 0. The number of nitrogens with one attached hydrogen (secondary N) is 1. The van der Waals surface area contributed by atoms with Crippen molar-refractivity contribution in [2.45, 2.75) is 75.7 Å². The zero-order valence-corrected chi connectivity index (χ0v) is 13.8. The first-order chi connectivity index (χ1) is 7.72. The second-order valence-electron chi connectivity index (χ2n) is 3.32. The Kier molecular flexibility index (Phi) is 45.9. The minimum absolute atomic E-state index is 0.903. The zero-order chi connectivity index (χ0) is 14.0. The Morgan fingerprint density at radius 3 is 1.00 bits per heavy atom. The Balaban J connectivity index is -0.0000000688. The van der Waals surface area contributed by atoms with Gasteiger partial charge < -0.3 is 5.32 Å². The van der Waals surface area contributed by atoms with Crippen LogP contribution in [0.2, 0.25) is 0 Å². The van der Waals surface area contributed by atoms with Gasteiger partial charge in [-0.1, -0.05) is 75.7 Å². The number of rotatable bonds is 0. The van der Waals surface area contributed by atoms with E-state index in [2.05, 4.69) is 33.0 Å². The molecule has 16 heavy (non-hydrogen) atoms. The molecule has 0 bridgehead atoms. The Morgan fingerprint density at radius 1 is 0.750 bits per heavy atom. The van der Waals surface area contributed by atoms with E-state index in [1.54, 1.807) is 0 Å². The molecule has 2 unspecified atom stereocenters. The van der Waals surface area contributed by atoms with Gasteiger partial charge in [-0.15, -0.1) is 0 Å². The molecule has 0 saturated carbocycles. The molecule has 1 nitrogen and oxygen atoms in total. The van der Waals surface area contributed by atoms with Crippen LogP contribution in [0, 0.1) is 11.8 Å². The van der Waals surface area contributed by atoms with Crippen LogP contribution < -0.4 is 5.32 Å². The zero-order valence-electron chi connectivity index (χ0n) is 13.8. The summed E-state index contributed by atoms with van der Waals surface area (Å²) in [5.41, 5.74) is 0. The molecule has 1 aliphatic heterocycles. The number of hydrogen-bond acceptors (Lipinski definition) is 1. The van der Waals surface area contributed by atoms with Crippen LogP contribution >= 0.6 is 0 Å². The van der Waals surface area contributed by atoms with Gasteiger partial charge in [0.2, 0.25) is 0 Å². The van der Waals surface area contributed by atoms with Crippen LogP contribution in [0.4, 0.5) is 0 Å². The van der Waals surface area contributed by atoms with Gasteiger partial charge in [0, 0.05) is 0 Å². The lowest BCUT2D eigenvalue weighted by molar-refractivity contribution is 0.494. The van der Waals surface area contributed by atoms with Gasteiger partial charge in [-0.05, 0) is 24.9 Å². The predicted molar refractivity (Wildman–Crippen MR) is 81.2 cm³/mol. The molecular weight excluding hydrogens is 194 g/mol. The van der Waals surface area contributed by atoms with Crippen LogP contribution in [0.5, 0.6) is 0 Å². The quantitative estimate of drug-likeness (QED) is 0.594. The van der Waals surface area contributed by atoms with Gasteiger partial charge in [-0.3, -0.25) is 0 Å². The maximum absolute atomic E-state index is 3.32. The van der Waals surface area contributed by atoms with Gasteiger partial charge in [-0.2, -0.15) is 0 Å². The Bertz CT molecular complexity index is 63.8. The fourth-order valence-electron chi connectivity index (χ4n) is 0.941. The summed E-state index contributed by atoms with van der Waals surface area (Å²) in [6.07, 6.45) is 1.25. The lowest BCUT2D eigenvalue weighted by atomic mass is 10.0. The van der Waals surface area contributed by atoms with Crippen molar-refractivity contribution >= 4 is 0 Å². The van der Waals surface area contributed by atoms with Crippen LogP contribution in [0.25, 0.3) is 0 Å². The summed E-state index contributed by atoms with van der Waals surface area (Å²) in [6.45, 7) is 23.3. The van der Waals surface area contributed by atoms with Gasteiger partial charge in [0.25, 0.3) is 0 Å². The van der Waals surface area contributed by atoms with E-state index in [9.17, 15) is 0 Å². The highest BCUT2D eigenvalue weighted by molar-refractivity contribution is 4.73. The summed E-state index contributed by atoms with van der Waals surface area (Å²) >= 11 is 0. The summed E-state index contributed by atoms with van der Waals surface area (Å²) in [5.74, 6) is 1.81. The van der Waals surface area contributed by atoms with Crippen LogP contribution in [-0.2, 0) is 0 Å². The third-order valence-electron chi connectivity index (χ3n) is 1.90. The largest absolute Gasteiger partial charge is 0.316 e. The van der Waals surface area contributed by atoms with Crippen molar-refractivity contribution in [2.75, 3.05) is 13.1 Å². The molecule has 0 aromatic carbocycles. The maximum Gasteiger partial charge on any atom is -0.00200 e. The molecule has 1 fully saturated rings. The van der Waals surface area contributed by atoms with Crippen molar-refractivity contribution in [2.24, 2.45) is 11.8 Å². The monoisotopic (exact) mass is 233 g/mol. The van der Waals surface area contributed by atoms with Crippen molar-refractivity contribution in [3.8, 4) is 0 Å². The van der Waals surface area contributed by atoms with E-state index in [0.29, 0.717) is 0 Å². The van der Waals surface area contributed by atoms with E-state index in [4.69, 9.17) is 0 Å². The lowest BCUT2D eigenvalue weighted by Gasteiger charge is -2.03. The molecular formula is C15H39N. The predicted octanol–water partition coefficient (Wildman–Crippen LogP) is 5.36. The van der Waals surface area contributed by atoms with Crippen molar-refractivity contribution in [3.05, 3.63) is 0 Å². The average Bonchev–Trinajstić information content (AvgIpc) is 2.73. The minimum Gasteiger partial charge on any atom is -0.316 e. The Hall–Kier alpha value is -0.0400. The topological polar surface area (TPSA) is 12.0 Å². The standard InChI is InChI=1S/C6H13N.C3H8.3C2H6/c1-5-3-7-4-6(5)2;1-3-2;3*1-2/h5-7H,3-4H2,1-2H3;3H2,1-2H3;3*1-2H3. The second-order valence-corrected chi connectivity index (χ2v) is 3.32. The van der Waals surface area contributed by atoms with E-state index in [1.807, 2.05) is 41.5 Å². The average molecular weight is 233 g/mol. The fourth-order valence-corrected chi connectivity index (χ4v) is 0.941. The molecule has 1 rings (SSSR count). The molecule has 0 radical (unpaired) electrons. The second kappa shape index (κ2) is 29.4. The highest BCUT2D eigenvalue weighted by atomic mass is 14.9. The van der Waals surface area contributed by atoms with Crippen LogP contribution in [0.1, 0.15) is 75.7 Å². The van der Waals surface area contributed by atoms with Gasteiger partial charge in [0.15, 0.2) is 0 Å². The van der Waals surface area contributed by atoms with E-state index < -0.39 is 0 Å². The van der Waals surface area contributed by atoms with Crippen molar-refractivity contribution in [1.29, 1.82) is 0 Å². The maximum atomic E-state index is 3.32. The van der Waals surface area contributed by atoms with Crippen LogP contribution in [0.3, 0.4) is 0 Å². The Morgan fingerprint density at radius 2 is 0.938 bits per heavy atom. The molecule has 1 aliphatic rings. The minimum atomic E-state index is 0.903. The molecule has 0 spiro atoms. The molecule has 0 amide bonds. The third kappa shape index (κ3) is 23.6. The molecule has 2 atom stereocenters. The van der Waals surface area contributed by atoms with Crippen LogP contribution in [0.15, 0.2) is 0 Å². The van der Waals surface area contributed by atoms with Gasteiger partial charge in [0.05, 0.1) is 0 Å². The molecule has 0 aromatic rings. The lowest BCUT2D eigenvalue weighted by Crippen LogP contribution is -2.06. The molecule has 1 N–H and O–H groups in total. The highest BCUT2D eigenvalue weighted by Crippen LogP contribution is 2.13. The van der Waals surface area contributed by atoms with E-state index in [-0.39, 0.29) is 0 Å². The van der Waals surface area contributed by atoms with Crippen molar-refractivity contribution in [3.63, 3.8) is 0 Å². The van der Waals surface area contributed by atoms with Gasteiger partial charge >= 0.3 is 0 Å². The highest BCUT2D eigenvalue weighted by Gasteiger charge is 2.16. The smallest absolute Gasteiger partial charge is 0.00200 e. The third-order valence-corrected chi connectivity index (χ3v) is 1.90. The summed E-state index contributed by atoms with van der Waals surface area (Å²) in [4.78, 5) is 0. The first-order valence-corrected chi connectivity index (χ1v) is 7.43. The van der Waals surface area contributed by atoms with Crippen molar-refractivity contribution in [1.82, 2.24) is 5.32 Å². The van der Waals surface area contributed by atoms with Crippen LogP contribution in [-0.4, -0.2) is 13.1 Å². The van der Waals surface area contributed by atoms with Crippen molar-refractivity contribution < 1.29 is 0 Å². The summed E-state index contributed by atoms with van der Waals surface area (Å²) in [5, 5.41) is 3.32. The van der Waals surface area contributed by atoms with E-state index >= 15 is 0 Å².